The van der Waals surface area contributed by atoms with Gasteiger partial charge in [-0.2, -0.15) is 23.4 Å². The number of carbonyl (C=O) groups is 1. The minimum atomic E-state index is -4.57. The van der Waals surface area contributed by atoms with Gasteiger partial charge in [-0.1, -0.05) is 0 Å². The fraction of sp³-hybridized carbons (Fsp3) is 0.400. The van der Waals surface area contributed by atoms with Crippen LogP contribution >= 0.6 is 0 Å². The van der Waals surface area contributed by atoms with Gasteiger partial charge in [0.15, 0.2) is 11.4 Å². The van der Waals surface area contributed by atoms with Crippen LogP contribution in [0.1, 0.15) is 34.7 Å². The van der Waals surface area contributed by atoms with Crippen LogP contribution in [-0.4, -0.2) is 59.4 Å². The third kappa shape index (κ3) is 3.65. The SMILES string of the molecule is Cc1ccc(-n2nccn2)c(C(=O)N2CC3C[C@@H](Oc4cnc(C(F)(F)F)cn4)[C@@H]2C3)n1. The third-order valence-electron chi connectivity index (χ3n) is 5.73. The molecule has 3 atom stereocenters. The summed E-state index contributed by atoms with van der Waals surface area (Å²) in [6.07, 6.45) is 1.11. The zero-order valence-corrected chi connectivity index (χ0v) is 16.9. The molecule has 32 heavy (non-hydrogen) atoms. The third-order valence-corrected chi connectivity index (χ3v) is 5.73. The maximum atomic E-state index is 13.4. The maximum absolute atomic E-state index is 13.4. The van der Waals surface area contributed by atoms with Crippen LogP contribution in [0.5, 0.6) is 5.88 Å². The van der Waals surface area contributed by atoms with Gasteiger partial charge in [-0.25, -0.2) is 15.0 Å². The number of hydrogen-bond acceptors (Lipinski definition) is 7. The van der Waals surface area contributed by atoms with Crippen LogP contribution < -0.4 is 4.74 Å². The number of carbonyl (C=O) groups excluding carboxylic acids is 1. The molecule has 2 bridgehead atoms. The molecule has 2 fully saturated rings. The normalized spacial score (nSPS) is 22.4. The van der Waals surface area contributed by atoms with Gasteiger partial charge in [0, 0.05) is 12.2 Å². The number of aryl methyl sites for hydroxylation is 1. The lowest BCUT2D eigenvalue weighted by atomic mass is 10.1. The highest BCUT2D eigenvalue weighted by atomic mass is 19.4. The standard InChI is InChI=1S/C20H18F3N7O2/c1-11-2-3-13(30-26-4-5-27-30)18(28-11)19(31)29-10-12-6-14(29)15(7-12)32-17-9-24-16(8-25-17)20(21,22)23/h2-5,8-9,12,14-15H,6-7,10H2,1H3/t12?,14-,15+/m0/s1. The first-order chi connectivity index (χ1) is 15.3. The molecule has 0 N–H and O–H groups in total. The first-order valence-corrected chi connectivity index (χ1v) is 10.0. The average Bonchev–Trinajstić information content (AvgIpc) is 3.50. The molecule has 1 aliphatic carbocycles. The minimum Gasteiger partial charge on any atom is -0.471 e. The van der Waals surface area contributed by atoms with Gasteiger partial charge in [-0.3, -0.25) is 4.79 Å². The zero-order valence-electron chi connectivity index (χ0n) is 16.9. The van der Waals surface area contributed by atoms with E-state index in [0.717, 1.165) is 12.6 Å². The minimum absolute atomic E-state index is 0.00180. The number of piperidine rings is 1. The van der Waals surface area contributed by atoms with Crippen LogP contribution in [0.15, 0.2) is 36.9 Å². The van der Waals surface area contributed by atoms with E-state index in [0.29, 0.717) is 30.5 Å². The molecular weight excluding hydrogens is 427 g/mol. The highest BCUT2D eigenvalue weighted by molar-refractivity contribution is 5.96. The second kappa shape index (κ2) is 7.53. The van der Waals surface area contributed by atoms with Gasteiger partial charge >= 0.3 is 6.18 Å². The van der Waals surface area contributed by atoms with E-state index in [1.165, 1.54) is 17.2 Å². The highest BCUT2D eigenvalue weighted by Gasteiger charge is 2.49. The smallest absolute Gasteiger partial charge is 0.434 e. The molecule has 3 aromatic rings. The molecule has 1 amide bonds. The monoisotopic (exact) mass is 445 g/mol. The van der Waals surface area contributed by atoms with E-state index >= 15 is 0 Å². The highest BCUT2D eigenvalue weighted by Crippen LogP contribution is 2.40. The number of ether oxygens (including phenoxy) is 1. The second-order valence-electron chi connectivity index (χ2n) is 7.90. The molecule has 1 unspecified atom stereocenters. The van der Waals surface area contributed by atoms with Crippen molar-refractivity contribution >= 4 is 5.91 Å². The van der Waals surface area contributed by atoms with Crippen molar-refractivity contribution in [2.75, 3.05) is 6.54 Å². The number of pyridine rings is 1. The number of amides is 1. The van der Waals surface area contributed by atoms with Crippen molar-refractivity contribution in [2.45, 2.75) is 38.1 Å². The molecule has 5 rings (SSSR count). The van der Waals surface area contributed by atoms with Crippen molar-refractivity contribution in [3.63, 3.8) is 0 Å². The van der Waals surface area contributed by atoms with Crippen molar-refractivity contribution in [3.05, 3.63) is 54.0 Å². The Morgan fingerprint density at radius 1 is 1.12 bits per heavy atom. The van der Waals surface area contributed by atoms with E-state index in [1.54, 1.807) is 24.0 Å². The van der Waals surface area contributed by atoms with E-state index < -0.39 is 11.9 Å². The van der Waals surface area contributed by atoms with Crippen LogP contribution in [0, 0.1) is 12.8 Å². The van der Waals surface area contributed by atoms with Crippen molar-refractivity contribution in [3.8, 4) is 11.6 Å². The van der Waals surface area contributed by atoms with Crippen LogP contribution in [0.2, 0.25) is 0 Å². The summed E-state index contributed by atoms with van der Waals surface area (Å²) in [5, 5.41) is 8.21. The van der Waals surface area contributed by atoms with Gasteiger partial charge < -0.3 is 9.64 Å². The number of fused-ring (bicyclic) bond motifs is 2. The lowest BCUT2D eigenvalue weighted by Crippen LogP contribution is -2.47. The summed E-state index contributed by atoms with van der Waals surface area (Å²) in [4.78, 5) is 28.1. The van der Waals surface area contributed by atoms with Crippen LogP contribution in [0.25, 0.3) is 5.69 Å². The second-order valence-corrected chi connectivity index (χ2v) is 7.90. The Hall–Kier alpha value is -3.57. The van der Waals surface area contributed by atoms with Crippen LogP contribution in [0.3, 0.4) is 0 Å². The molecule has 1 aliphatic heterocycles. The van der Waals surface area contributed by atoms with Crippen molar-refractivity contribution in [1.82, 2.24) is 34.8 Å². The molecule has 0 aromatic carbocycles. The van der Waals surface area contributed by atoms with E-state index in [9.17, 15) is 18.0 Å². The Kier molecular flexibility index (Phi) is 4.79. The summed E-state index contributed by atoms with van der Waals surface area (Å²) in [6.45, 7) is 2.35. The first-order valence-electron chi connectivity index (χ1n) is 10.0. The van der Waals surface area contributed by atoms with E-state index in [2.05, 4.69) is 25.1 Å². The zero-order chi connectivity index (χ0) is 22.5. The summed E-state index contributed by atoms with van der Waals surface area (Å²) in [7, 11) is 0. The predicted molar refractivity (Wildman–Crippen MR) is 103 cm³/mol. The van der Waals surface area contributed by atoms with Crippen LogP contribution in [-0.2, 0) is 6.18 Å². The van der Waals surface area contributed by atoms with E-state index in [4.69, 9.17) is 4.74 Å². The number of halogens is 3. The Labute approximate surface area is 180 Å². The molecule has 2 aliphatic rings. The molecule has 4 heterocycles. The van der Waals surface area contributed by atoms with Crippen LogP contribution in [0.4, 0.5) is 13.2 Å². The fourth-order valence-corrected chi connectivity index (χ4v) is 4.35. The Morgan fingerprint density at radius 3 is 2.56 bits per heavy atom. The first kappa shape index (κ1) is 20.3. The number of likely N-dealkylation sites (tertiary alicyclic amines) is 1. The molecule has 166 valence electrons. The van der Waals surface area contributed by atoms with Gasteiger partial charge in [0.1, 0.15) is 11.8 Å². The van der Waals surface area contributed by atoms with E-state index in [1.807, 2.05) is 0 Å². The Balaban J connectivity index is 1.37. The number of rotatable bonds is 4. The number of nitrogens with zero attached hydrogens (tertiary/aromatic N) is 7. The molecule has 9 nitrogen and oxygen atoms in total. The summed E-state index contributed by atoms with van der Waals surface area (Å²) >= 11 is 0. The molecule has 12 heteroatoms. The average molecular weight is 445 g/mol. The van der Waals surface area contributed by atoms with Crippen molar-refractivity contribution < 1.29 is 22.7 Å². The maximum Gasteiger partial charge on any atom is 0.434 e. The largest absolute Gasteiger partial charge is 0.471 e. The Morgan fingerprint density at radius 2 is 1.91 bits per heavy atom. The number of hydrogen-bond donors (Lipinski definition) is 0. The van der Waals surface area contributed by atoms with Crippen molar-refractivity contribution in [2.24, 2.45) is 5.92 Å². The fourth-order valence-electron chi connectivity index (χ4n) is 4.35. The lowest BCUT2D eigenvalue weighted by molar-refractivity contribution is -0.141. The topological polar surface area (TPSA) is 98.9 Å². The van der Waals surface area contributed by atoms with Gasteiger partial charge in [0.25, 0.3) is 5.91 Å². The Bertz CT molecular complexity index is 1140. The quantitative estimate of drug-likeness (QED) is 0.608. The number of alkyl halides is 3. The molecule has 1 saturated heterocycles. The van der Waals surface area contributed by atoms with Gasteiger partial charge in [-0.15, -0.1) is 4.80 Å². The van der Waals surface area contributed by atoms with Gasteiger partial charge in [-0.05, 0) is 37.8 Å². The lowest BCUT2D eigenvalue weighted by Gasteiger charge is -2.33. The molecule has 0 spiro atoms. The van der Waals surface area contributed by atoms with Gasteiger partial charge in [0.05, 0.1) is 30.8 Å². The van der Waals surface area contributed by atoms with E-state index in [-0.39, 0.29) is 35.5 Å². The molecule has 1 saturated carbocycles. The molecule has 0 radical (unpaired) electrons. The predicted octanol–water partition coefficient (Wildman–Crippen LogP) is 2.46. The van der Waals surface area contributed by atoms with Crippen molar-refractivity contribution in [1.29, 1.82) is 0 Å². The number of aromatic nitrogens is 6. The summed E-state index contributed by atoms with van der Waals surface area (Å²) in [6, 6.07) is 3.29. The molecular formula is C20H18F3N7O2. The van der Waals surface area contributed by atoms with Gasteiger partial charge in [0.2, 0.25) is 5.88 Å². The molecule has 3 aromatic heterocycles. The summed E-state index contributed by atoms with van der Waals surface area (Å²) in [5.41, 5.74) is 0.308. The summed E-state index contributed by atoms with van der Waals surface area (Å²) < 4.78 is 44.0. The summed E-state index contributed by atoms with van der Waals surface area (Å²) in [5.74, 6) is -0.0363.